The molecule has 3 rings (SSSR count). The van der Waals surface area contributed by atoms with Crippen molar-refractivity contribution in [2.45, 2.75) is 43.9 Å². The van der Waals surface area contributed by atoms with Crippen LogP contribution in [0.15, 0.2) is 54.7 Å². The van der Waals surface area contributed by atoms with Crippen molar-refractivity contribution in [2.24, 2.45) is 5.73 Å². The monoisotopic (exact) mass is 525 g/mol. The van der Waals surface area contributed by atoms with Crippen LogP contribution in [0.5, 0.6) is 5.75 Å². The van der Waals surface area contributed by atoms with Gasteiger partial charge in [0.2, 0.25) is 17.7 Å². The zero-order chi connectivity index (χ0) is 27.8. The minimum Gasteiger partial charge on any atom is -0.508 e. The molecule has 0 radical (unpaired) electrons. The molecule has 202 valence electrons. The number of H-pyrrole nitrogens is 1. The number of carboxylic acids is 1. The van der Waals surface area contributed by atoms with Crippen LogP contribution in [0.3, 0.4) is 0 Å². The van der Waals surface area contributed by atoms with Gasteiger partial charge in [-0.3, -0.25) is 14.4 Å². The fourth-order valence-electron chi connectivity index (χ4n) is 3.84. The summed E-state index contributed by atoms with van der Waals surface area (Å²) in [6.07, 6.45) is 1.61. The molecule has 12 heteroatoms. The molecule has 4 atom stereocenters. The van der Waals surface area contributed by atoms with E-state index >= 15 is 0 Å². The van der Waals surface area contributed by atoms with Crippen molar-refractivity contribution in [3.05, 3.63) is 65.9 Å². The molecule has 4 unspecified atom stereocenters. The highest BCUT2D eigenvalue weighted by Crippen LogP contribution is 2.19. The third-order valence-electron chi connectivity index (χ3n) is 5.95. The van der Waals surface area contributed by atoms with Gasteiger partial charge in [0.05, 0.1) is 12.6 Å². The molecule has 0 aliphatic carbocycles. The Bertz CT molecular complexity index is 1290. The molecule has 0 fully saturated rings. The molecule has 1 heterocycles. The summed E-state index contributed by atoms with van der Waals surface area (Å²) in [7, 11) is 0. The zero-order valence-corrected chi connectivity index (χ0v) is 20.7. The van der Waals surface area contributed by atoms with Gasteiger partial charge in [-0.2, -0.15) is 0 Å². The number of aliphatic hydroxyl groups is 1. The smallest absolute Gasteiger partial charge is 0.326 e. The SMILES string of the molecule is CC(N)C(=O)NC(CO)C(=O)NC(Cc1c[nH]c2ccccc12)C(=O)NC(Cc1ccc(O)cc1)C(=O)O. The Morgan fingerprint density at radius 2 is 1.47 bits per heavy atom. The van der Waals surface area contributed by atoms with Crippen LogP contribution in [0, 0.1) is 0 Å². The van der Waals surface area contributed by atoms with Crippen molar-refractivity contribution in [3.8, 4) is 5.75 Å². The van der Waals surface area contributed by atoms with Gasteiger partial charge in [-0.05, 0) is 36.2 Å². The zero-order valence-electron chi connectivity index (χ0n) is 20.7. The average Bonchev–Trinajstić information content (AvgIpc) is 3.30. The largest absolute Gasteiger partial charge is 0.508 e. The fourth-order valence-corrected chi connectivity index (χ4v) is 3.84. The Morgan fingerprint density at radius 1 is 0.868 bits per heavy atom. The lowest BCUT2D eigenvalue weighted by molar-refractivity contribution is -0.142. The number of carbonyl (C=O) groups excluding carboxylic acids is 3. The minimum absolute atomic E-state index is 0.00742. The van der Waals surface area contributed by atoms with E-state index in [1.165, 1.54) is 31.2 Å². The number of carbonyl (C=O) groups is 4. The maximum atomic E-state index is 13.3. The summed E-state index contributed by atoms with van der Waals surface area (Å²) in [6, 6.07) is 8.33. The molecule has 0 aliphatic heterocycles. The second-order valence-corrected chi connectivity index (χ2v) is 8.93. The number of aromatic amines is 1. The van der Waals surface area contributed by atoms with Crippen LogP contribution in [0.1, 0.15) is 18.1 Å². The van der Waals surface area contributed by atoms with Crippen LogP contribution in [-0.2, 0) is 32.0 Å². The topological polar surface area (TPSA) is 207 Å². The number of hydrogen-bond acceptors (Lipinski definition) is 7. The number of nitrogens with one attached hydrogen (secondary N) is 4. The Labute approximate surface area is 218 Å². The van der Waals surface area contributed by atoms with E-state index in [0.29, 0.717) is 11.1 Å². The van der Waals surface area contributed by atoms with E-state index in [1.807, 2.05) is 24.3 Å². The summed E-state index contributed by atoms with van der Waals surface area (Å²) >= 11 is 0. The first kappa shape index (κ1) is 28.2. The van der Waals surface area contributed by atoms with Crippen molar-refractivity contribution in [3.63, 3.8) is 0 Å². The summed E-state index contributed by atoms with van der Waals surface area (Å²) in [4.78, 5) is 53.2. The molecule has 0 aliphatic rings. The van der Waals surface area contributed by atoms with Gasteiger partial charge in [-0.25, -0.2) is 4.79 Å². The lowest BCUT2D eigenvalue weighted by Gasteiger charge is -2.24. The number of aliphatic carboxylic acids is 1. The van der Waals surface area contributed by atoms with E-state index in [1.54, 1.807) is 6.20 Å². The third kappa shape index (κ3) is 7.31. The van der Waals surface area contributed by atoms with Gasteiger partial charge < -0.3 is 42.0 Å². The first-order chi connectivity index (χ1) is 18.1. The van der Waals surface area contributed by atoms with Crippen LogP contribution >= 0.6 is 0 Å². The Morgan fingerprint density at radius 3 is 2.11 bits per heavy atom. The number of aliphatic hydroxyl groups excluding tert-OH is 1. The maximum Gasteiger partial charge on any atom is 0.326 e. The summed E-state index contributed by atoms with van der Waals surface area (Å²) in [5, 5.41) is 37.0. The molecular formula is C26H31N5O7. The van der Waals surface area contributed by atoms with Crippen LogP contribution in [0.25, 0.3) is 10.9 Å². The minimum atomic E-state index is -1.38. The number of aromatic hydroxyl groups is 1. The summed E-state index contributed by atoms with van der Waals surface area (Å²) in [5.41, 5.74) is 7.58. The number of fused-ring (bicyclic) bond motifs is 1. The van der Waals surface area contributed by atoms with E-state index in [4.69, 9.17) is 5.73 Å². The summed E-state index contributed by atoms with van der Waals surface area (Å²) in [5.74, 6) is -3.56. The van der Waals surface area contributed by atoms with Crippen LogP contribution < -0.4 is 21.7 Å². The van der Waals surface area contributed by atoms with Gasteiger partial charge in [0.1, 0.15) is 23.9 Å². The van der Waals surface area contributed by atoms with Crippen molar-refractivity contribution in [2.75, 3.05) is 6.61 Å². The second-order valence-electron chi connectivity index (χ2n) is 8.93. The summed E-state index contributed by atoms with van der Waals surface area (Å²) < 4.78 is 0. The van der Waals surface area contributed by atoms with E-state index in [9.17, 15) is 34.5 Å². The molecule has 0 saturated heterocycles. The normalized spacial score (nSPS) is 14.2. The van der Waals surface area contributed by atoms with Crippen LogP contribution in [-0.4, -0.2) is 74.8 Å². The van der Waals surface area contributed by atoms with Crippen molar-refractivity contribution < 1.29 is 34.5 Å². The molecule has 0 spiro atoms. The molecule has 0 bridgehead atoms. The quantitative estimate of drug-likeness (QED) is 0.155. The number of aromatic nitrogens is 1. The van der Waals surface area contributed by atoms with Crippen LogP contribution in [0.2, 0.25) is 0 Å². The summed E-state index contributed by atoms with van der Waals surface area (Å²) in [6.45, 7) is 0.666. The highest BCUT2D eigenvalue weighted by molar-refractivity contribution is 5.95. The predicted octanol–water partition coefficient (Wildman–Crippen LogP) is -0.463. The van der Waals surface area contributed by atoms with Crippen molar-refractivity contribution in [1.29, 1.82) is 0 Å². The Balaban J connectivity index is 1.83. The average molecular weight is 526 g/mol. The number of rotatable bonds is 12. The van der Waals surface area contributed by atoms with E-state index in [-0.39, 0.29) is 18.6 Å². The fraction of sp³-hybridized carbons (Fsp3) is 0.308. The Kier molecular flexibility index (Phi) is 9.41. The highest BCUT2D eigenvalue weighted by atomic mass is 16.4. The van der Waals surface area contributed by atoms with Crippen molar-refractivity contribution in [1.82, 2.24) is 20.9 Å². The number of para-hydroxylation sites is 1. The predicted molar refractivity (Wildman–Crippen MR) is 138 cm³/mol. The number of carboxylic acid groups (broad SMARTS) is 1. The molecule has 3 aromatic rings. The molecule has 2 aromatic carbocycles. The van der Waals surface area contributed by atoms with E-state index < -0.39 is 54.5 Å². The third-order valence-corrected chi connectivity index (χ3v) is 5.95. The maximum absolute atomic E-state index is 13.3. The lowest BCUT2D eigenvalue weighted by Crippen LogP contribution is -2.58. The number of benzene rings is 2. The van der Waals surface area contributed by atoms with E-state index in [2.05, 4.69) is 20.9 Å². The highest BCUT2D eigenvalue weighted by Gasteiger charge is 2.30. The number of phenolic OH excluding ortho intramolecular Hbond substituents is 1. The second kappa shape index (κ2) is 12.7. The van der Waals surface area contributed by atoms with Gasteiger partial charge in [-0.1, -0.05) is 30.3 Å². The van der Waals surface area contributed by atoms with Gasteiger partial charge in [0, 0.05) is 29.9 Å². The number of nitrogens with two attached hydrogens (primary N) is 1. The van der Waals surface area contributed by atoms with E-state index in [0.717, 1.165) is 10.9 Å². The molecular weight excluding hydrogens is 494 g/mol. The molecule has 9 N–H and O–H groups in total. The molecule has 1 aromatic heterocycles. The molecule has 12 nitrogen and oxygen atoms in total. The first-order valence-corrected chi connectivity index (χ1v) is 11.9. The molecule has 38 heavy (non-hydrogen) atoms. The number of phenols is 1. The van der Waals surface area contributed by atoms with Gasteiger partial charge in [-0.15, -0.1) is 0 Å². The van der Waals surface area contributed by atoms with Gasteiger partial charge >= 0.3 is 5.97 Å². The molecule has 3 amide bonds. The van der Waals surface area contributed by atoms with Gasteiger partial charge in [0.15, 0.2) is 0 Å². The number of hydrogen-bond donors (Lipinski definition) is 8. The van der Waals surface area contributed by atoms with Gasteiger partial charge in [0.25, 0.3) is 0 Å². The first-order valence-electron chi connectivity index (χ1n) is 11.9. The van der Waals surface area contributed by atoms with Crippen molar-refractivity contribution >= 4 is 34.6 Å². The Hall–Kier alpha value is -4.42. The standard InChI is InChI=1S/C26H31N5O7/c1-14(27)23(34)31-22(13-32)25(36)29-20(11-16-12-28-19-5-3-2-4-18(16)19)24(35)30-21(26(37)38)10-15-6-8-17(33)9-7-15/h2-9,12,14,20-22,28,32-33H,10-11,13,27H2,1H3,(H,29,36)(H,30,35)(H,31,34)(H,37,38). The molecule has 0 saturated carbocycles. The van der Waals surface area contributed by atoms with Crippen LogP contribution in [0.4, 0.5) is 0 Å². The lowest BCUT2D eigenvalue weighted by atomic mass is 10.0. The number of amides is 3.